The first-order chi connectivity index (χ1) is 9.26. The third kappa shape index (κ3) is 4.50. The van der Waals surface area contributed by atoms with Crippen LogP contribution in [0.1, 0.15) is 12.5 Å². The average molecular weight is 299 g/mol. The van der Waals surface area contributed by atoms with E-state index in [1.165, 1.54) is 18.4 Å². The molecule has 20 heavy (non-hydrogen) atoms. The van der Waals surface area contributed by atoms with Crippen molar-refractivity contribution in [2.24, 2.45) is 5.92 Å². The Morgan fingerprint density at radius 1 is 1.35 bits per heavy atom. The first-order valence-corrected chi connectivity index (χ1v) is 7.87. The van der Waals surface area contributed by atoms with E-state index in [4.69, 9.17) is 5.73 Å². The number of nitrogens with zero attached hydrogens (tertiary/aromatic N) is 1. The Hall–Kier alpha value is -1.60. The molecule has 0 aliphatic heterocycles. The van der Waals surface area contributed by atoms with Crippen LogP contribution in [0.4, 0.5) is 5.69 Å². The summed E-state index contributed by atoms with van der Waals surface area (Å²) < 4.78 is 25.6. The molecule has 0 radical (unpaired) electrons. The van der Waals surface area contributed by atoms with Gasteiger partial charge < -0.3 is 11.1 Å². The number of carbonyl (C=O) groups is 1. The Labute approximate surface area is 120 Å². The highest BCUT2D eigenvalue weighted by Crippen LogP contribution is 2.13. The summed E-state index contributed by atoms with van der Waals surface area (Å²) in [5.41, 5.74) is 6.82. The summed E-state index contributed by atoms with van der Waals surface area (Å²) in [7, 11) is -0.443. The summed E-state index contributed by atoms with van der Waals surface area (Å²) >= 11 is 0. The highest BCUT2D eigenvalue weighted by Gasteiger charge is 2.23. The molecule has 0 bridgehead atoms. The van der Waals surface area contributed by atoms with Crippen molar-refractivity contribution >= 4 is 21.6 Å². The molecular formula is C13H21N3O3S. The maximum absolute atomic E-state index is 12.2. The fourth-order valence-corrected chi connectivity index (χ4v) is 3.05. The van der Waals surface area contributed by atoms with E-state index in [9.17, 15) is 13.2 Å². The molecule has 0 aliphatic carbocycles. The van der Waals surface area contributed by atoms with Gasteiger partial charge in [-0.1, -0.05) is 19.1 Å². The largest absolute Gasteiger partial charge is 0.399 e. The number of rotatable bonds is 6. The minimum atomic E-state index is -3.45. The molecule has 1 unspecified atom stereocenters. The van der Waals surface area contributed by atoms with Crippen LogP contribution in [-0.2, 0) is 20.6 Å². The van der Waals surface area contributed by atoms with E-state index in [0.29, 0.717) is 11.3 Å². The van der Waals surface area contributed by atoms with Crippen LogP contribution < -0.4 is 11.1 Å². The van der Waals surface area contributed by atoms with Crippen LogP contribution in [0, 0.1) is 5.92 Å². The molecule has 6 nitrogen and oxygen atoms in total. The predicted molar refractivity (Wildman–Crippen MR) is 79.3 cm³/mol. The normalized spacial score (nSPS) is 13.2. The van der Waals surface area contributed by atoms with Crippen molar-refractivity contribution in [1.29, 1.82) is 0 Å². The van der Waals surface area contributed by atoms with Gasteiger partial charge in [-0.05, 0) is 17.7 Å². The van der Waals surface area contributed by atoms with Gasteiger partial charge in [-0.3, -0.25) is 4.79 Å². The lowest BCUT2D eigenvalue weighted by Crippen LogP contribution is -2.37. The molecule has 0 aliphatic rings. The molecule has 7 heteroatoms. The third-order valence-electron chi connectivity index (χ3n) is 3.03. The first-order valence-electron chi connectivity index (χ1n) is 6.26. The van der Waals surface area contributed by atoms with Crippen molar-refractivity contribution in [2.75, 3.05) is 26.4 Å². The molecule has 1 aromatic rings. The molecule has 0 fully saturated rings. The van der Waals surface area contributed by atoms with Crippen molar-refractivity contribution in [3.63, 3.8) is 0 Å². The number of amides is 1. The molecule has 3 N–H and O–H groups in total. The second kappa shape index (κ2) is 6.71. The average Bonchev–Trinajstić information content (AvgIpc) is 2.40. The molecule has 0 saturated carbocycles. The summed E-state index contributed by atoms with van der Waals surface area (Å²) in [4.78, 5) is 11.4. The number of sulfonamides is 1. The smallest absolute Gasteiger partial charge is 0.223 e. The number of nitrogens with one attached hydrogen (secondary N) is 1. The van der Waals surface area contributed by atoms with Crippen LogP contribution >= 0.6 is 0 Å². The van der Waals surface area contributed by atoms with Crippen molar-refractivity contribution in [1.82, 2.24) is 9.62 Å². The Kier molecular flexibility index (Phi) is 5.52. The quantitative estimate of drug-likeness (QED) is 0.744. The molecular weight excluding hydrogens is 278 g/mol. The molecule has 0 saturated heterocycles. The molecule has 1 aromatic carbocycles. The van der Waals surface area contributed by atoms with Gasteiger partial charge in [-0.25, -0.2) is 12.7 Å². The standard InChI is InChI=1S/C13H21N3O3S/c1-10(13(17)15-2)8-16(3)20(18,19)9-11-4-6-12(14)7-5-11/h4-7,10H,8-9,14H2,1-3H3,(H,15,17). The van der Waals surface area contributed by atoms with Crippen molar-refractivity contribution in [3.8, 4) is 0 Å². The number of nitrogens with two attached hydrogens (primary N) is 1. The Bertz CT molecular complexity index is 555. The zero-order valence-corrected chi connectivity index (χ0v) is 12.8. The number of hydrogen-bond acceptors (Lipinski definition) is 4. The van der Waals surface area contributed by atoms with E-state index in [1.54, 1.807) is 31.2 Å². The van der Waals surface area contributed by atoms with Gasteiger partial charge in [-0.2, -0.15) is 0 Å². The molecule has 112 valence electrons. The fourth-order valence-electron chi connectivity index (χ4n) is 1.76. The van der Waals surface area contributed by atoms with Crippen LogP contribution in [0.3, 0.4) is 0 Å². The number of benzene rings is 1. The lowest BCUT2D eigenvalue weighted by atomic mass is 10.2. The van der Waals surface area contributed by atoms with Crippen LogP contribution in [-0.4, -0.2) is 39.3 Å². The molecule has 0 aromatic heterocycles. The second-order valence-corrected chi connectivity index (χ2v) is 6.87. The van der Waals surface area contributed by atoms with E-state index in [2.05, 4.69) is 5.32 Å². The van der Waals surface area contributed by atoms with E-state index >= 15 is 0 Å². The molecule has 0 heterocycles. The summed E-state index contributed by atoms with van der Waals surface area (Å²) in [6.45, 7) is 1.84. The second-order valence-electron chi connectivity index (χ2n) is 4.79. The van der Waals surface area contributed by atoms with Crippen LogP contribution in [0.15, 0.2) is 24.3 Å². The zero-order valence-electron chi connectivity index (χ0n) is 12.0. The minimum absolute atomic E-state index is 0.107. The number of nitrogen functional groups attached to an aromatic ring is 1. The Morgan fingerprint density at radius 3 is 2.40 bits per heavy atom. The topological polar surface area (TPSA) is 92.5 Å². The highest BCUT2D eigenvalue weighted by molar-refractivity contribution is 7.88. The molecule has 1 rings (SSSR count). The maximum Gasteiger partial charge on any atom is 0.223 e. The summed E-state index contributed by atoms with van der Waals surface area (Å²) in [5.74, 6) is -0.685. The van der Waals surface area contributed by atoms with E-state index in [0.717, 1.165) is 0 Å². The Morgan fingerprint density at radius 2 is 1.90 bits per heavy atom. The van der Waals surface area contributed by atoms with E-state index in [1.807, 2.05) is 0 Å². The van der Waals surface area contributed by atoms with Crippen molar-refractivity contribution in [2.45, 2.75) is 12.7 Å². The van der Waals surface area contributed by atoms with Crippen LogP contribution in [0.25, 0.3) is 0 Å². The monoisotopic (exact) mass is 299 g/mol. The molecule has 1 atom stereocenters. The third-order valence-corrected chi connectivity index (χ3v) is 4.83. The fraction of sp³-hybridized carbons (Fsp3) is 0.462. The van der Waals surface area contributed by atoms with Gasteiger partial charge in [0, 0.05) is 32.2 Å². The van der Waals surface area contributed by atoms with Gasteiger partial charge in [0.2, 0.25) is 15.9 Å². The van der Waals surface area contributed by atoms with Gasteiger partial charge in [0.25, 0.3) is 0 Å². The van der Waals surface area contributed by atoms with Gasteiger partial charge in [-0.15, -0.1) is 0 Å². The van der Waals surface area contributed by atoms with Gasteiger partial charge >= 0.3 is 0 Å². The molecule has 0 spiro atoms. The minimum Gasteiger partial charge on any atom is -0.399 e. The van der Waals surface area contributed by atoms with Crippen LogP contribution in [0.2, 0.25) is 0 Å². The van der Waals surface area contributed by atoms with Crippen molar-refractivity contribution < 1.29 is 13.2 Å². The summed E-state index contributed by atoms with van der Waals surface area (Å²) in [6.07, 6.45) is 0. The SMILES string of the molecule is CNC(=O)C(C)CN(C)S(=O)(=O)Cc1ccc(N)cc1. The maximum atomic E-state index is 12.2. The van der Waals surface area contributed by atoms with E-state index in [-0.39, 0.29) is 18.2 Å². The lowest BCUT2D eigenvalue weighted by Gasteiger charge is -2.20. The number of anilines is 1. The summed E-state index contributed by atoms with van der Waals surface area (Å²) in [5, 5.41) is 2.50. The number of carbonyl (C=O) groups excluding carboxylic acids is 1. The van der Waals surface area contributed by atoms with Gasteiger partial charge in [0.05, 0.1) is 5.75 Å². The Balaban J connectivity index is 2.73. The first kappa shape index (κ1) is 16.5. The predicted octanol–water partition coefficient (Wildman–Crippen LogP) is 0.413. The lowest BCUT2D eigenvalue weighted by molar-refractivity contribution is -0.124. The summed E-state index contributed by atoms with van der Waals surface area (Å²) in [6, 6.07) is 6.70. The zero-order chi connectivity index (χ0) is 15.3. The van der Waals surface area contributed by atoms with E-state index < -0.39 is 15.9 Å². The number of hydrogen-bond donors (Lipinski definition) is 2. The van der Waals surface area contributed by atoms with Gasteiger partial charge in [0.1, 0.15) is 0 Å². The van der Waals surface area contributed by atoms with Gasteiger partial charge in [0.15, 0.2) is 0 Å². The van der Waals surface area contributed by atoms with Crippen LogP contribution in [0.5, 0.6) is 0 Å². The molecule has 1 amide bonds. The van der Waals surface area contributed by atoms with Crippen molar-refractivity contribution in [3.05, 3.63) is 29.8 Å². The highest BCUT2D eigenvalue weighted by atomic mass is 32.2.